The predicted octanol–water partition coefficient (Wildman–Crippen LogP) is 2.73. The maximum absolute atomic E-state index is 5.75. The molecule has 0 unspecified atom stereocenters. The molecule has 19 heavy (non-hydrogen) atoms. The van der Waals surface area contributed by atoms with Crippen molar-refractivity contribution in [3.05, 3.63) is 41.7 Å². The standard InChI is InChI=1S/C15H22N4/c1-4-9-19(14-7-5-13(16)6-8-14)11-15-10-12(2)17-18(15)3/h5-8,10H,4,9,11,16H2,1-3H3. The first kappa shape index (κ1) is 13.5. The fourth-order valence-corrected chi connectivity index (χ4v) is 2.26. The van der Waals surface area contributed by atoms with Gasteiger partial charge in [-0.2, -0.15) is 5.10 Å². The third-order valence-electron chi connectivity index (χ3n) is 3.20. The highest BCUT2D eigenvalue weighted by Crippen LogP contribution is 2.19. The van der Waals surface area contributed by atoms with Crippen molar-refractivity contribution in [3.8, 4) is 0 Å². The van der Waals surface area contributed by atoms with E-state index in [1.54, 1.807) is 0 Å². The van der Waals surface area contributed by atoms with Crippen LogP contribution < -0.4 is 10.6 Å². The first-order valence-corrected chi connectivity index (χ1v) is 6.70. The van der Waals surface area contributed by atoms with Gasteiger partial charge in [0.25, 0.3) is 0 Å². The Morgan fingerprint density at radius 2 is 1.95 bits per heavy atom. The van der Waals surface area contributed by atoms with Gasteiger partial charge in [-0.05, 0) is 43.7 Å². The van der Waals surface area contributed by atoms with Gasteiger partial charge in [0.05, 0.1) is 17.9 Å². The van der Waals surface area contributed by atoms with Crippen LogP contribution in [0.3, 0.4) is 0 Å². The van der Waals surface area contributed by atoms with Gasteiger partial charge in [0.1, 0.15) is 0 Å². The Kier molecular flexibility index (Phi) is 4.10. The molecule has 1 aromatic carbocycles. The molecule has 0 aliphatic rings. The van der Waals surface area contributed by atoms with Crippen LogP contribution in [0.4, 0.5) is 11.4 Å². The summed E-state index contributed by atoms with van der Waals surface area (Å²) in [5.41, 5.74) is 10.0. The number of anilines is 2. The number of nitrogen functional groups attached to an aromatic ring is 1. The Balaban J connectivity index is 2.20. The molecule has 2 aromatic rings. The maximum atomic E-state index is 5.75. The van der Waals surface area contributed by atoms with Crippen LogP contribution in [0.1, 0.15) is 24.7 Å². The van der Waals surface area contributed by atoms with Crippen molar-refractivity contribution >= 4 is 11.4 Å². The van der Waals surface area contributed by atoms with Crippen LogP contribution in [-0.4, -0.2) is 16.3 Å². The Morgan fingerprint density at radius 3 is 2.47 bits per heavy atom. The Bertz CT molecular complexity index is 528. The zero-order valence-electron chi connectivity index (χ0n) is 11.9. The minimum atomic E-state index is 0.802. The van der Waals surface area contributed by atoms with E-state index in [0.717, 1.165) is 30.9 Å². The van der Waals surface area contributed by atoms with Crippen LogP contribution in [0.15, 0.2) is 30.3 Å². The monoisotopic (exact) mass is 258 g/mol. The Labute approximate surface area is 114 Å². The highest BCUT2D eigenvalue weighted by atomic mass is 15.3. The SMILES string of the molecule is CCCN(Cc1cc(C)nn1C)c1ccc(N)cc1. The lowest BCUT2D eigenvalue weighted by molar-refractivity contribution is 0.670. The van der Waals surface area contributed by atoms with E-state index in [0.29, 0.717) is 0 Å². The van der Waals surface area contributed by atoms with Crippen LogP contribution in [0.25, 0.3) is 0 Å². The molecule has 0 radical (unpaired) electrons. The average molecular weight is 258 g/mol. The highest BCUT2D eigenvalue weighted by molar-refractivity contribution is 5.53. The second-order valence-corrected chi connectivity index (χ2v) is 4.91. The molecule has 0 spiro atoms. The molecular weight excluding hydrogens is 236 g/mol. The van der Waals surface area contributed by atoms with E-state index in [1.165, 1.54) is 11.4 Å². The van der Waals surface area contributed by atoms with Crippen LogP contribution in [0, 0.1) is 6.92 Å². The van der Waals surface area contributed by atoms with E-state index in [-0.39, 0.29) is 0 Å². The first-order chi connectivity index (χ1) is 9.10. The van der Waals surface area contributed by atoms with E-state index in [4.69, 9.17) is 5.73 Å². The van der Waals surface area contributed by atoms with Crippen LogP contribution in [-0.2, 0) is 13.6 Å². The van der Waals surface area contributed by atoms with Crippen molar-refractivity contribution in [1.82, 2.24) is 9.78 Å². The number of aryl methyl sites for hydroxylation is 2. The van der Waals surface area contributed by atoms with Gasteiger partial charge < -0.3 is 10.6 Å². The average Bonchev–Trinajstić information content (AvgIpc) is 2.68. The largest absolute Gasteiger partial charge is 0.399 e. The number of benzene rings is 1. The van der Waals surface area contributed by atoms with Gasteiger partial charge in [-0.25, -0.2) is 0 Å². The van der Waals surface area contributed by atoms with Gasteiger partial charge in [0, 0.05) is 25.0 Å². The molecule has 0 aliphatic heterocycles. The maximum Gasteiger partial charge on any atom is 0.0598 e. The second-order valence-electron chi connectivity index (χ2n) is 4.91. The lowest BCUT2D eigenvalue weighted by Gasteiger charge is -2.24. The summed E-state index contributed by atoms with van der Waals surface area (Å²) in [7, 11) is 2.00. The van der Waals surface area contributed by atoms with E-state index in [2.05, 4.69) is 35.1 Å². The summed E-state index contributed by atoms with van der Waals surface area (Å²) in [4.78, 5) is 2.36. The van der Waals surface area contributed by atoms with Crippen LogP contribution in [0.2, 0.25) is 0 Å². The number of rotatable bonds is 5. The van der Waals surface area contributed by atoms with Crippen molar-refractivity contribution in [2.45, 2.75) is 26.8 Å². The third-order valence-corrected chi connectivity index (χ3v) is 3.20. The predicted molar refractivity (Wildman–Crippen MR) is 80.1 cm³/mol. The number of aromatic nitrogens is 2. The van der Waals surface area contributed by atoms with E-state index >= 15 is 0 Å². The summed E-state index contributed by atoms with van der Waals surface area (Å²) in [5, 5.41) is 4.40. The zero-order valence-corrected chi connectivity index (χ0v) is 11.9. The van der Waals surface area contributed by atoms with Crippen LogP contribution >= 0.6 is 0 Å². The van der Waals surface area contributed by atoms with Gasteiger partial charge in [-0.15, -0.1) is 0 Å². The normalized spacial score (nSPS) is 10.7. The zero-order chi connectivity index (χ0) is 13.8. The van der Waals surface area contributed by atoms with E-state index in [1.807, 2.05) is 30.8 Å². The fraction of sp³-hybridized carbons (Fsp3) is 0.400. The molecule has 0 bridgehead atoms. The Morgan fingerprint density at radius 1 is 1.26 bits per heavy atom. The van der Waals surface area contributed by atoms with Crippen molar-refractivity contribution < 1.29 is 0 Å². The van der Waals surface area contributed by atoms with Crippen LogP contribution in [0.5, 0.6) is 0 Å². The molecule has 1 heterocycles. The molecule has 0 fully saturated rings. The summed E-state index contributed by atoms with van der Waals surface area (Å²) >= 11 is 0. The van der Waals surface area contributed by atoms with Gasteiger partial charge >= 0.3 is 0 Å². The summed E-state index contributed by atoms with van der Waals surface area (Å²) in [6.07, 6.45) is 1.11. The minimum Gasteiger partial charge on any atom is -0.399 e. The van der Waals surface area contributed by atoms with Gasteiger partial charge in [-0.3, -0.25) is 4.68 Å². The van der Waals surface area contributed by atoms with Crippen molar-refractivity contribution in [1.29, 1.82) is 0 Å². The van der Waals surface area contributed by atoms with Gasteiger partial charge in [0.15, 0.2) is 0 Å². The molecule has 0 amide bonds. The Hall–Kier alpha value is -1.97. The van der Waals surface area contributed by atoms with E-state index in [9.17, 15) is 0 Å². The second kappa shape index (κ2) is 5.78. The number of nitrogens with zero attached hydrogens (tertiary/aromatic N) is 3. The summed E-state index contributed by atoms with van der Waals surface area (Å²) < 4.78 is 1.95. The lowest BCUT2D eigenvalue weighted by Crippen LogP contribution is -2.24. The third kappa shape index (κ3) is 3.28. The topological polar surface area (TPSA) is 47.1 Å². The summed E-state index contributed by atoms with van der Waals surface area (Å²) in [5.74, 6) is 0. The molecule has 0 saturated carbocycles. The first-order valence-electron chi connectivity index (χ1n) is 6.70. The molecule has 0 aliphatic carbocycles. The molecule has 102 valence electrons. The molecular formula is C15H22N4. The molecule has 2 rings (SSSR count). The molecule has 1 aromatic heterocycles. The highest BCUT2D eigenvalue weighted by Gasteiger charge is 2.10. The number of hydrogen-bond donors (Lipinski definition) is 1. The van der Waals surface area contributed by atoms with Crippen molar-refractivity contribution in [3.63, 3.8) is 0 Å². The summed E-state index contributed by atoms with van der Waals surface area (Å²) in [6.45, 7) is 6.11. The molecule has 0 saturated heterocycles. The minimum absolute atomic E-state index is 0.802. The lowest BCUT2D eigenvalue weighted by atomic mass is 10.2. The van der Waals surface area contributed by atoms with Crippen molar-refractivity contribution in [2.24, 2.45) is 7.05 Å². The molecule has 4 heteroatoms. The van der Waals surface area contributed by atoms with Gasteiger partial charge in [0.2, 0.25) is 0 Å². The molecule has 2 N–H and O–H groups in total. The van der Waals surface area contributed by atoms with E-state index < -0.39 is 0 Å². The number of hydrogen-bond acceptors (Lipinski definition) is 3. The quantitative estimate of drug-likeness (QED) is 0.839. The summed E-state index contributed by atoms with van der Waals surface area (Å²) in [6, 6.07) is 10.2. The molecule has 4 nitrogen and oxygen atoms in total. The van der Waals surface area contributed by atoms with Gasteiger partial charge in [-0.1, -0.05) is 6.92 Å². The fourth-order valence-electron chi connectivity index (χ4n) is 2.26. The number of nitrogens with two attached hydrogens (primary N) is 1. The smallest absolute Gasteiger partial charge is 0.0598 e. The van der Waals surface area contributed by atoms with Crippen molar-refractivity contribution in [2.75, 3.05) is 17.2 Å². The molecule has 0 atom stereocenters.